The summed E-state index contributed by atoms with van der Waals surface area (Å²) in [5.74, 6) is 1.64. The van der Waals surface area contributed by atoms with Gasteiger partial charge in [0.15, 0.2) is 0 Å². The zero-order valence-electron chi connectivity index (χ0n) is 11.5. The van der Waals surface area contributed by atoms with Crippen LogP contribution in [-0.2, 0) is 5.41 Å². The average molecular weight is 316 g/mol. The van der Waals surface area contributed by atoms with Gasteiger partial charge in [-0.1, -0.05) is 20.8 Å². The quantitative estimate of drug-likeness (QED) is 0.820. The molecule has 2 N–H and O–H groups in total. The van der Waals surface area contributed by atoms with Gasteiger partial charge >= 0.3 is 0 Å². The largest absolute Gasteiger partial charge is 0.396 e. The van der Waals surface area contributed by atoms with Crippen molar-refractivity contribution >= 4 is 21.7 Å². The lowest BCUT2D eigenvalue weighted by Gasteiger charge is -2.19. The molecule has 0 spiro atoms. The van der Waals surface area contributed by atoms with E-state index in [1.165, 1.54) is 0 Å². The predicted octanol–water partition coefficient (Wildman–Crippen LogP) is 3.11. The Labute approximate surface area is 117 Å². The van der Waals surface area contributed by atoms with E-state index in [-0.39, 0.29) is 18.1 Å². The Hall–Kier alpha value is -0.680. The van der Waals surface area contributed by atoms with E-state index in [2.05, 4.69) is 58.9 Å². The van der Waals surface area contributed by atoms with Crippen LogP contribution in [0.4, 0.5) is 5.82 Å². The van der Waals surface area contributed by atoms with Crippen molar-refractivity contribution in [2.24, 2.45) is 0 Å². The highest BCUT2D eigenvalue weighted by molar-refractivity contribution is 9.10. The number of anilines is 1. The predicted molar refractivity (Wildman–Crippen MR) is 77.8 cm³/mol. The molecule has 0 bridgehead atoms. The minimum absolute atomic E-state index is 0.0749. The fraction of sp³-hybridized carbons (Fsp3) is 0.692. The van der Waals surface area contributed by atoms with E-state index in [0.717, 1.165) is 29.1 Å². The van der Waals surface area contributed by atoms with Crippen LogP contribution in [0.2, 0.25) is 0 Å². The Bertz CT molecular complexity index is 390. The van der Waals surface area contributed by atoms with Crippen molar-refractivity contribution in [3.63, 3.8) is 0 Å². The van der Waals surface area contributed by atoms with Gasteiger partial charge < -0.3 is 10.4 Å². The molecule has 1 unspecified atom stereocenters. The molecule has 0 amide bonds. The highest BCUT2D eigenvalue weighted by atomic mass is 79.9. The van der Waals surface area contributed by atoms with Crippen molar-refractivity contribution in [2.75, 3.05) is 11.9 Å². The normalized spacial score (nSPS) is 13.4. The third-order valence-corrected chi connectivity index (χ3v) is 2.96. The van der Waals surface area contributed by atoms with Gasteiger partial charge in [0.1, 0.15) is 16.2 Å². The topological polar surface area (TPSA) is 58.0 Å². The summed E-state index contributed by atoms with van der Waals surface area (Å²) in [6.07, 6.45) is 1.72. The van der Waals surface area contributed by atoms with Gasteiger partial charge in [0.2, 0.25) is 0 Å². The lowest BCUT2D eigenvalue weighted by Crippen LogP contribution is -2.20. The van der Waals surface area contributed by atoms with Gasteiger partial charge in [0.25, 0.3) is 0 Å². The summed E-state index contributed by atoms with van der Waals surface area (Å²) in [4.78, 5) is 8.94. The number of nitrogens with zero attached hydrogens (tertiary/aromatic N) is 2. The number of nitrogens with one attached hydrogen (secondary N) is 1. The molecule has 0 aliphatic heterocycles. The first-order chi connectivity index (χ1) is 8.32. The van der Waals surface area contributed by atoms with Gasteiger partial charge in [-0.25, -0.2) is 9.97 Å². The summed E-state index contributed by atoms with van der Waals surface area (Å²) in [5, 5.41) is 12.2. The van der Waals surface area contributed by atoms with Crippen LogP contribution in [0.25, 0.3) is 0 Å². The maximum Gasteiger partial charge on any atom is 0.137 e. The summed E-state index contributed by atoms with van der Waals surface area (Å²) in [6.45, 7) is 8.59. The van der Waals surface area contributed by atoms with Gasteiger partial charge in [0.05, 0.1) is 0 Å². The maximum absolute atomic E-state index is 8.82. The molecular formula is C13H22BrN3O. The van der Waals surface area contributed by atoms with Crippen LogP contribution in [0.5, 0.6) is 0 Å². The second-order valence-electron chi connectivity index (χ2n) is 5.56. The standard InChI is InChI=1S/C13H22BrN3O/c1-9(6-5-7-18)15-11-8-10(14)16-12(17-11)13(2,3)4/h8-9,18H,5-7H2,1-4H3,(H,15,16,17). The van der Waals surface area contributed by atoms with Crippen molar-refractivity contribution in [3.05, 3.63) is 16.5 Å². The van der Waals surface area contributed by atoms with Gasteiger partial charge in [-0.05, 0) is 35.7 Å². The minimum Gasteiger partial charge on any atom is -0.396 e. The van der Waals surface area contributed by atoms with Crippen molar-refractivity contribution in [2.45, 2.75) is 52.0 Å². The molecule has 0 radical (unpaired) electrons. The number of aliphatic hydroxyl groups is 1. The second-order valence-corrected chi connectivity index (χ2v) is 6.37. The average Bonchev–Trinajstić information content (AvgIpc) is 2.24. The maximum atomic E-state index is 8.82. The molecule has 102 valence electrons. The van der Waals surface area contributed by atoms with Crippen molar-refractivity contribution in [1.82, 2.24) is 9.97 Å². The number of aromatic nitrogens is 2. The molecule has 0 aromatic carbocycles. The summed E-state index contributed by atoms with van der Waals surface area (Å²) in [6, 6.07) is 2.16. The first-order valence-corrected chi connectivity index (χ1v) is 7.04. The molecule has 1 aromatic rings. The SMILES string of the molecule is CC(CCCO)Nc1cc(Br)nc(C(C)(C)C)n1. The second kappa shape index (κ2) is 6.48. The lowest BCUT2D eigenvalue weighted by molar-refractivity contribution is 0.282. The van der Waals surface area contributed by atoms with E-state index >= 15 is 0 Å². The van der Waals surface area contributed by atoms with Crippen LogP contribution in [0.3, 0.4) is 0 Å². The Morgan fingerprint density at radius 3 is 2.61 bits per heavy atom. The summed E-state index contributed by atoms with van der Waals surface area (Å²) in [7, 11) is 0. The number of halogens is 1. The zero-order valence-corrected chi connectivity index (χ0v) is 13.1. The molecule has 1 rings (SSSR count). The van der Waals surface area contributed by atoms with Gasteiger partial charge in [-0.3, -0.25) is 0 Å². The molecular weight excluding hydrogens is 294 g/mol. The highest BCUT2D eigenvalue weighted by Crippen LogP contribution is 2.23. The van der Waals surface area contributed by atoms with E-state index in [1.807, 2.05) is 6.07 Å². The summed E-state index contributed by atoms with van der Waals surface area (Å²) >= 11 is 3.42. The van der Waals surface area contributed by atoms with Gasteiger partial charge in [-0.2, -0.15) is 0 Å². The number of rotatable bonds is 5. The molecule has 1 aromatic heterocycles. The van der Waals surface area contributed by atoms with E-state index in [1.54, 1.807) is 0 Å². The van der Waals surface area contributed by atoms with Crippen molar-refractivity contribution in [1.29, 1.82) is 0 Å². The van der Waals surface area contributed by atoms with Crippen molar-refractivity contribution in [3.8, 4) is 0 Å². The first-order valence-electron chi connectivity index (χ1n) is 6.25. The van der Waals surface area contributed by atoms with E-state index < -0.39 is 0 Å². The Kier molecular flexibility index (Phi) is 5.53. The smallest absolute Gasteiger partial charge is 0.137 e. The van der Waals surface area contributed by atoms with Gasteiger partial charge in [0, 0.05) is 24.1 Å². The van der Waals surface area contributed by atoms with E-state index in [0.29, 0.717) is 0 Å². The van der Waals surface area contributed by atoms with Crippen LogP contribution in [-0.4, -0.2) is 27.7 Å². The Balaban J connectivity index is 2.80. The molecule has 4 nitrogen and oxygen atoms in total. The third-order valence-electron chi connectivity index (χ3n) is 2.56. The zero-order chi connectivity index (χ0) is 13.8. The molecule has 0 saturated carbocycles. The minimum atomic E-state index is -0.0749. The molecule has 1 atom stereocenters. The van der Waals surface area contributed by atoms with Crippen LogP contribution in [0, 0.1) is 0 Å². The molecule has 0 saturated heterocycles. The van der Waals surface area contributed by atoms with E-state index in [4.69, 9.17) is 5.11 Å². The fourth-order valence-electron chi connectivity index (χ4n) is 1.55. The fourth-order valence-corrected chi connectivity index (χ4v) is 1.93. The number of hydrogen-bond donors (Lipinski definition) is 2. The Morgan fingerprint density at radius 1 is 1.39 bits per heavy atom. The number of aliphatic hydroxyl groups excluding tert-OH is 1. The van der Waals surface area contributed by atoms with Crippen LogP contribution >= 0.6 is 15.9 Å². The molecule has 0 fully saturated rings. The van der Waals surface area contributed by atoms with Crippen LogP contribution in [0.15, 0.2) is 10.7 Å². The summed E-state index contributed by atoms with van der Waals surface area (Å²) in [5.41, 5.74) is -0.0749. The van der Waals surface area contributed by atoms with Gasteiger partial charge in [-0.15, -0.1) is 0 Å². The molecule has 18 heavy (non-hydrogen) atoms. The first kappa shape index (κ1) is 15.4. The number of hydrogen-bond acceptors (Lipinski definition) is 4. The lowest BCUT2D eigenvalue weighted by atomic mass is 9.96. The third kappa shape index (κ3) is 4.90. The van der Waals surface area contributed by atoms with Crippen LogP contribution in [0.1, 0.15) is 46.4 Å². The molecule has 0 aliphatic carbocycles. The van der Waals surface area contributed by atoms with Crippen molar-refractivity contribution < 1.29 is 5.11 Å². The van der Waals surface area contributed by atoms with E-state index in [9.17, 15) is 0 Å². The summed E-state index contributed by atoms with van der Waals surface area (Å²) < 4.78 is 0.791. The van der Waals surface area contributed by atoms with Crippen LogP contribution < -0.4 is 5.32 Å². The highest BCUT2D eigenvalue weighted by Gasteiger charge is 2.19. The molecule has 5 heteroatoms. The molecule has 1 heterocycles. The monoisotopic (exact) mass is 315 g/mol. The Morgan fingerprint density at radius 2 is 2.06 bits per heavy atom. The molecule has 0 aliphatic rings.